The lowest BCUT2D eigenvalue weighted by Gasteiger charge is -2.31. The highest BCUT2D eigenvalue weighted by Crippen LogP contribution is 2.44. The fourth-order valence-corrected chi connectivity index (χ4v) is 5.66. The zero-order valence-electron chi connectivity index (χ0n) is 19.2. The predicted octanol–water partition coefficient (Wildman–Crippen LogP) is 3.97. The van der Waals surface area contributed by atoms with E-state index in [-0.39, 0.29) is 30.9 Å². The SMILES string of the molecule is CC(CCNC(=O)OCC1c2ccccc2-c2ccccc21)CC(=O)N1CCSC(C(=O)O)C1. The average molecular weight is 483 g/mol. The van der Waals surface area contributed by atoms with Gasteiger partial charge in [0.2, 0.25) is 5.91 Å². The second-order valence-corrected chi connectivity index (χ2v) is 10.2. The third kappa shape index (κ3) is 5.55. The first kappa shape index (κ1) is 24.1. The molecule has 0 saturated carbocycles. The first-order valence-electron chi connectivity index (χ1n) is 11.6. The summed E-state index contributed by atoms with van der Waals surface area (Å²) in [7, 11) is 0. The lowest BCUT2D eigenvalue weighted by molar-refractivity contribution is -0.138. The normalized spacial score (nSPS) is 18.0. The van der Waals surface area contributed by atoms with Crippen molar-refractivity contribution in [2.24, 2.45) is 5.92 Å². The molecule has 7 nitrogen and oxygen atoms in total. The van der Waals surface area contributed by atoms with Crippen LogP contribution in [0.5, 0.6) is 0 Å². The summed E-state index contributed by atoms with van der Waals surface area (Å²) in [5.74, 6) is -0.172. The fraction of sp³-hybridized carbons (Fsp3) is 0.423. The highest BCUT2D eigenvalue weighted by atomic mass is 32.2. The van der Waals surface area contributed by atoms with E-state index in [9.17, 15) is 19.5 Å². The quantitative estimate of drug-likeness (QED) is 0.591. The molecule has 1 aliphatic heterocycles. The molecule has 1 aliphatic carbocycles. The number of amides is 2. The number of nitrogens with one attached hydrogen (secondary N) is 1. The molecule has 0 radical (unpaired) electrons. The zero-order chi connectivity index (χ0) is 24.1. The van der Waals surface area contributed by atoms with Gasteiger partial charge in [-0.2, -0.15) is 0 Å². The molecule has 2 unspecified atom stereocenters. The van der Waals surface area contributed by atoms with Gasteiger partial charge in [-0.15, -0.1) is 11.8 Å². The Hall–Kier alpha value is -3.00. The topological polar surface area (TPSA) is 95.9 Å². The van der Waals surface area contributed by atoms with Crippen LogP contribution in [0.4, 0.5) is 4.79 Å². The summed E-state index contributed by atoms with van der Waals surface area (Å²) in [5, 5.41) is 11.4. The van der Waals surface area contributed by atoms with Crippen molar-refractivity contribution in [2.45, 2.75) is 30.9 Å². The van der Waals surface area contributed by atoms with Gasteiger partial charge in [0, 0.05) is 37.7 Å². The van der Waals surface area contributed by atoms with Crippen molar-refractivity contribution < 1.29 is 24.2 Å². The molecule has 2 atom stereocenters. The minimum atomic E-state index is -0.872. The summed E-state index contributed by atoms with van der Waals surface area (Å²) >= 11 is 1.38. The number of alkyl carbamates (subject to hydrolysis) is 1. The van der Waals surface area contributed by atoms with Gasteiger partial charge in [0.05, 0.1) is 0 Å². The molecule has 8 heteroatoms. The third-order valence-corrected chi connectivity index (χ3v) is 7.64. The van der Waals surface area contributed by atoms with E-state index in [4.69, 9.17) is 4.74 Å². The van der Waals surface area contributed by atoms with Crippen LogP contribution in [0.3, 0.4) is 0 Å². The van der Waals surface area contributed by atoms with Gasteiger partial charge in [-0.25, -0.2) is 4.79 Å². The van der Waals surface area contributed by atoms with Gasteiger partial charge in [0.25, 0.3) is 0 Å². The number of benzene rings is 2. The van der Waals surface area contributed by atoms with Crippen LogP contribution in [0.15, 0.2) is 48.5 Å². The molecule has 34 heavy (non-hydrogen) atoms. The molecule has 4 rings (SSSR count). The number of aliphatic carboxylic acids is 1. The summed E-state index contributed by atoms with van der Waals surface area (Å²) in [6.45, 7) is 3.48. The maximum absolute atomic E-state index is 12.5. The molecule has 2 aliphatic rings. The summed E-state index contributed by atoms with van der Waals surface area (Å²) in [5.41, 5.74) is 4.72. The van der Waals surface area contributed by atoms with E-state index in [1.807, 2.05) is 31.2 Å². The van der Waals surface area contributed by atoms with E-state index in [0.717, 1.165) is 0 Å². The molecule has 2 aromatic rings. The van der Waals surface area contributed by atoms with Gasteiger partial charge in [-0.05, 0) is 34.6 Å². The lowest BCUT2D eigenvalue weighted by atomic mass is 9.98. The van der Waals surface area contributed by atoms with Crippen LogP contribution in [0.2, 0.25) is 0 Å². The first-order chi connectivity index (χ1) is 16.4. The Morgan fingerprint density at radius 2 is 1.76 bits per heavy atom. The molecule has 0 spiro atoms. The van der Waals surface area contributed by atoms with Crippen molar-refractivity contribution in [1.82, 2.24) is 10.2 Å². The number of hydrogen-bond acceptors (Lipinski definition) is 5. The van der Waals surface area contributed by atoms with Crippen molar-refractivity contribution in [2.75, 3.05) is 32.0 Å². The van der Waals surface area contributed by atoms with Crippen molar-refractivity contribution in [1.29, 1.82) is 0 Å². The molecule has 0 aromatic heterocycles. The van der Waals surface area contributed by atoms with E-state index in [1.54, 1.807) is 4.90 Å². The number of ether oxygens (including phenoxy) is 1. The molecule has 2 amide bonds. The Morgan fingerprint density at radius 1 is 1.12 bits per heavy atom. The molecule has 0 bridgehead atoms. The molecule has 1 saturated heterocycles. The minimum Gasteiger partial charge on any atom is -0.480 e. The van der Waals surface area contributed by atoms with E-state index in [1.165, 1.54) is 34.0 Å². The van der Waals surface area contributed by atoms with Gasteiger partial charge in [0.15, 0.2) is 0 Å². The van der Waals surface area contributed by atoms with E-state index in [0.29, 0.717) is 31.7 Å². The number of fused-ring (bicyclic) bond motifs is 3. The van der Waals surface area contributed by atoms with Gasteiger partial charge in [-0.1, -0.05) is 55.5 Å². The summed E-state index contributed by atoms with van der Waals surface area (Å²) in [4.78, 5) is 37.7. The van der Waals surface area contributed by atoms with Gasteiger partial charge >= 0.3 is 12.1 Å². The molecular weight excluding hydrogens is 452 g/mol. The molecule has 180 valence electrons. The smallest absolute Gasteiger partial charge is 0.407 e. The number of carboxylic acid groups (broad SMARTS) is 1. The zero-order valence-corrected chi connectivity index (χ0v) is 20.1. The number of hydrogen-bond donors (Lipinski definition) is 2. The average Bonchev–Trinajstić information content (AvgIpc) is 3.16. The second-order valence-electron chi connectivity index (χ2n) is 8.89. The van der Waals surface area contributed by atoms with Gasteiger partial charge in [-0.3, -0.25) is 9.59 Å². The Morgan fingerprint density at radius 3 is 2.41 bits per heavy atom. The minimum absolute atomic E-state index is 0.0204. The first-order valence-corrected chi connectivity index (χ1v) is 12.7. The van der Waals surface area contributed by atoms with Crippen LogP contribution in [-0.2, 0) is 14.3 Å². The summed E-state index contributed by atoms with van der Waals surface area (Å²) in [6, 6.07) is 16.4. The highest BCUT2D eigenvalue weighted by molar-refractivity contribution is 8.00. The van der Waals surface area contributed by atoms with Crippen molar-refractivity contribution in [3.8, 4) is 11.1 Å². The molecule has 1 heterocycles. The number of carboxylic acids is 1. The predicted molar refractivity (Wildman–Crippen MR) is 132 cm³/mol. The highest BCUT2D eigenvalue weighted by Gasteiger charge is 2.30. The Bertz CT molecular complexity index is 1010. The van der Waals surface area contributed by atoms with E-state index in [2.05, 4.69) is 29.6 Å². The Labute approximate surface area is 203 Å². The fourth-order valence-electron chi connectivity index (χ4n) is 4.62. The van der Waals surface area contributed by atoms with E-state index < -0.39 is 17.3 Å². The second kappa shape index (κ2) is 11.0. The van der Waals surface area contributed by atoms with Crippen LogP contribution in [0.1, 0.15) is 36.8 Å². The number of carbonyl (C=O) groups excluding carboxylic acids is 2. The van der Waals surface area contributed by atoms with Crippen LogP contribution >= 0.6 is 11.8 Å². The monoisotopic (exact) mass is 482 g/mol. The number of carbonyl (C=O) groups is 3. The third-order valence-electron chi connectivity index (χ3n) is 6.47. The van der Waals surface area contributed by atoms with Crippen molar-refractivity contribution in [3.05, 3.63) is 59.7 Å². The largest absolute Gasteiger partial charge is 0.480 e. The summed E-state index contributed by atoms with van der Waals surface area (Å²) < 4.78 is 5.55. The van der Waals surface area contributed by atoms with Gasteiger partial charge < -0.3 is 20.1 Å². The number of thioether (sulfide) groups is 1. The molecule has 2 aromatic carbocycles. The van der Waals surface area contributed by atoms with Crippen molar-refractivity contribution >= 4 is 29.7 Å². The van der Waals surface area contributed by atoms with Crippen LogP contribution in [0, 0.1) is 5.92 Å². The van der Waals surface area contributed by atoms with Crippen LogP contribution < -0.4 is 5.32 Å². The van der Waals surface area contributed by atoms with Crippen LogP contribution in [-0.4, -0.2) is 65.2 Å². The Kier molecular flexibility index (Phi) is 7.77. The molecule has 1 fully saturated rings. The molecular formula is C26H30N2O5S. The van der Waals surface area contributed by atoms with Crippen molar-refractivity contribution in [3.63, 3.8) is 0 Å². The van der Waals surface area contributed by atoms with E-state index >= 15 is 0 Å². The standard InChI is InChI=1S/C26H30N2O5S/c1-17(14-24(29)28-12-13-34-23(15-28)25(30)31)10-11-27-26(32)33-16-22-20-8-4-2-6-18(20)19-7-3-5-9-21(19)22/h2-9,17,22-23H,10-16H2,1H3,(H,27,32)(H,30,31). The maximum Gasteiger partial charge on any atom is 0.407 e. The van der Waals surface area contributed by atoms with Gasteiger partial charge in [0.1, 0.15) is 11.9 Å². The molecule has 2 N–H and O–H groups in total. The maximum atomic E-state index is 12.5. The summed E-state index contributed by atoms with van der Waals surface area (Å²) in [6.07, 6.45) is 0.516. The number of nitrogens with zero attached hydrogens (tertiary/aromatic N) is 1. The lowest BCUT2D eigenvalue weighted by Crippen LogP contribution is -2.45. The number of rotatable bonds is 8. The van der Waals surface area contributed by atoms with Crippen LogP contribution in [0.25, 0.3) is 11.1 Å². The Balaban J connectivity index is 1.20.